The van der Waals surface area contributed by atoms with E-state index < -0.39 is 5.82 Å². The van der Waals surface area contributed by atoms with Crippen molar-refractivity contribution < 1.29 is 13.6 Å². The van der Waals surface area contributed by atoms with Gasteiger partial charge in [-0.2, -0.15) is 0 Å². The highest BCUT2D eigenvalue weighted by molar-refractivity contribution is 6.04. The molecule has 0 unspecified atom stereocenters. The molecule has 1 amide bonds. The number of hydrogen-bond acceptors (Lipinski definition) is 3. The Labute approximate surface area is 142 Å². The monoisotopic (exact) mass is 332 g/mol. The highest BCUT2D eigenvalue weighted by Crippen LogP contribution is 2.26. The van der Waals surface area contributed by atoms with Gasteiger partial charge in [-0.1, -0.05) is 24.3 Å². The third-order valence-electron chi connectivity index (χ3n) is 3.75. The van der Waals surface area contributed by atoms with Crippen LogP contribution in [-0.2, 0) is 0 Å². The van der Waals surface area contributed by atoms with Crippen LogP contribution in [0.4, 0.5) is 10.1 Å². The van der Waals surface area contributed by atoms with Crippen LogP contribution < -0.4 is 5.32 Å². The highest BCUT2D eigenvalue weighted by atomic mass is 19.1. The number of anilines is 1. The molecule has 0 bridgehead atoms. The molecule has 0 spiro atoms. The summed E-state index contributed by atoms with van der Waals surface area (Å²) in [6, 6.07) is 20.2. The highest BCUT2D eigenvalue weighted by Gasteiger charge is 2.10. The Balaban J connectivity index is 1.62. The van der Waals surface area contributed by atoms with Crippen molar-refractivity contribution in [3.05, 3.63) is 84.2 Å². The van der Waals surface area contributed by atoms with E-state index in [1.165, 1.54) is 18.2 Å². The van der Waals surface area contributed by atoms with Crippen molar-refractivity contribution in [3.63, 3.8) is 0 Å². The average molecular weight is 332 g/mol. The number of rotatable bonds is 3. The molecule has 25 heavy (non-hydrogen) atoms. The first-order chi connectivity index (χ1) is 12.2. The summed E-state index contributed by atoms with van der Waals surface area (Å²) in [6.07, 6.45) is 0. The van der Waals surface area contributed by atoms with Crippen molar-refractivity contribution in [2.45, 2.75) is 0 Å². The van der Waals surface area contributed by atoms with Gasteiger partial charge >= 0.3 is 0 Å². The van der Waals surface area contributed by atoms with Gasteiger partial charge in [0.2, 0.25) is 5.89 Å². The van der Waals surface area contributed by atoms with Gasteiger partial charge in [0, 0.05) is 16.8 Å². The van der Waals surface area contributed by atoms with Crippen LogP contribution in [-0.4, -0.2) is 10.9 Å². The number of carbonyl (C=O) groups excluding carboxylic acids is 1. The van der Waals surface area contributed by atoms with Crippen molar-refractivity contribution in [1.29, 1.82) is 0 Å². The second-order valence-electron chi connectivity index (χ2n) is 5.53. The van der Waals surface area contributed by atoms with Crippen LogP contribution >= 0.6 is 0 Å². The lowest BCUT2D eigenvalue weighted by Crippen LogP contribution is -2.12. The lowest BCUT2D eigenvalue weighted by Gasteiger charge is -2.06. The van der Waals surface area contributed by atoms with Crippen LogP contribution in [0.15, 0.2) is 77.2 Å². The Hall–Kier alpha value is -3.47. The van der Waals surface area contributed by atoms with Crippen LogP contribution in [0.2, 0.25) is 0 Å². The summed E-state index contributed by atoms with van der Waals surface area (Å²) >= 11 is 0. The molecule has 0 saturated carbocycles. The minimum atomic E-state index is -0.451. The average Bonchev–Trinajstić information content (AvgIpc) is 3.06. The largest absolute Gasteiger partial charge is 0.436 e. The maximum atomic E-state index is 13.3. The van der Waals surface area contributed by atoms with E-state index in [2.05, 4.69) is 10.3 Å². The molecule has 0 aliphatic rings. The fourth-order valence-electron chi connectivity index (χ4n) is 2.56. The second-order valence-corrected chi connectivity index (χ2v) is 5.53. The Morgan fingerprint density at radius 1 is 0.960 bits per heavy atom. The first-order valence-electron chi connectivity index (χ1n) is 7.72. The number of hydrogen-bond donors (Lipinski definition) is 1. The van der Waals surface area contributed by atoms with Crippen LogP contribution in [0.25, 0.3) is 22.6 Å². The normalized spacial score (nSPS) is 10.8. The molecule has 4 aromatic rings. The molecular weight excluding hydrogens is 319 g/mol. The number of fused-ring (bicyclic) bond motifs is 1. The van der Waals surface area contributed by atoms with E-state index in [0.29, 0.717) is 17.2 Å². The molecular formula is C20H13FN2O2. The van der Waals surface area contributed by atoms with Gasteiger partial charge in [0.25, 0.3) is 5.91 Å². The van der Waals surface area contributed by atoms with Gasteiger partial charge in [0.05, 0.1) is 0 Å². The number of nitrogens with one attached hydrogen (secondary N) is 1. The van der Waals surface area contributed by atoms with E-state index in [4.69, 9.17) is 4.42 Å². The number of halogens is 1. The third kappa shape index (κ3) is 3.12. The van der Waals surface area contributed by atoms with Gasteiger partial charge in [0.1, 0.15) is 11.3 Å². The van der Waals surface area contributed by atoms with E-state index in [1.54, 1.807) is 24.3 Å². The molecule has 0 fully saturated rings. The minimum Gasteiger partial charge on any atom is -0.436 e. The van der Waals surface area contributed by atoms with Crippen molar-refractivity contribution in [3.8, 4) is 11.5 Å². The van der Waals surface area contributed by atoms with Crippen molar-refractivity contribution in [2.24, 2.45) is 0 Å². The summed E-state index contributed by atoms with van der Waals surface area (Å²) in [5, 5.41) is 2.75. The first-order valence-corrected chi connectivity index (χ1v) is 7.72. The fraction of sp³-hybridized carbons (Fsp3) is 0. The lowest BCUT2D eigenvalue weighted by molar-refractivity contribution is 0.102. The summed E-state index contributed by atoms with van der Waals surface area (Å²) in [5.74, 6) is -0.356. The van der Waals surface area contributed by atoms with Gasteiger partial charge < -0.3 is 9.73 Å². The number of benzene rings is 3. The van der Waals surface area contributed by atoms with Crippen LogP contribution in [0, 0.1) is 5.82 Å². The van der Waals surface area contributed by atoms with Crippen molar-refractivity contribution >= 4 is 22.7 Å². The molecule has 4 rings (SSSR count). The fourth-order valence-corrected chi connectivity index (χ4v) is 2.56. The number of carbonyl (C=O) groups is 1. The number of oxazole rings is 1. The predicted octanol–water partition coefficient (Wildman–Crippen LogP) is 4.89. The number of aromatic nitrogens is 1. The molecule has 0 atom stereocenters. The van der Waals surface area contributed by atoms with Crippen molar-refractivity contribution in [2.75, 3.05) is 5.32 Å². The molecule has 5 heteroatoms. The zero-order valence-corrected chi connectivity index (χ0v) is 13.1. The molecule has 0 saturated heterocycles. The van der Waals surface area contributed by atoms with E-state index in [0.717, 1.165) is 11.1 Å². The molecule has 1 heterocycles. The SMILES string of the molecule is O=C(Nc1cccc(-c2nc3ccccc3o2)c1)c1cccc(F)c1. The molecule has 0 radical (unpaired) electrons. The quantitative estimate of drug-likeness (QED) is 0.581. The van der Waals surface area contributed by atoms with Gasteiger partial charge in [-0.15, -0.1) is 0 Å². The molecule has 1 N–H and O–H groups in total. The summed E-state index contributed by atoms with van der Waals surface area (Å²) in [6.45, 7) is 0. The van der Waals surface area contributed by atoms with Crippen molar-refractivity contribution in [1.82, 2.24) is 4.98 Å². The predicted molar refractivity (Wildman–Crippen MR) is 93.8 cm³/mol. The summed E-state index contributed by atoms with van der Waals surface area (Å²) in [7, 11) is 0. The number of para-hydroxylation sites is 2. The zero-order chi connectivity index (χ0) is 17.2. The Morgan fingerprint density at radius 3 is 2.64 bits per heavy atom. The van der Waals surface area contributed by atoms with Crippen LogP contribution in [0.5, 0.6) is 0 Å². The zero-order valence-electron chi connectivity index (χ0n) is 13.1. The van der Waals surface area contributed by atoms with Gasteiger partial charge in [-0.3, -0.25) is 4.79 Å². The second kappa shape index (κ2) is 6.20. The molecule has 1 aromatic heterocycles. The third-order valence-corrected chi connectivity index (χ3v) is 3.75. The summed E-state index contributed by atoms with van der Waals surface area (Å²) in [4.78, 5) is 16.7. The molecule has 3 aromatic carbocycles. The number of nitrogens with zero attached hydrogens (tertiary/aromatic N) is 1. The van der Waals surface area contributed by atoms with Gasteiger partial charge in [-0.05, 0) is 48.5 Å². The summed E-state index contributed by atoms with van der Waals surface area (Å²) in [5.41, 5.74) is 3.05. The Morgan fingerprint density at radius 2 is 1.80 bits per heavy atom. The maximum absolute atomic E-state index is 13.3. The van der Waals surface area contributed by atoms with Crippen LogP contribution in [0.1, 0.15) is 10.4 Å². The standard InChI is InChI=1S/C20H13FN2O2/c21-15-7-3-5-13(11-15)19(24)22-16-8-4-6-14(12-16)20-23-17-9-1-2-10-18(17)25-20/h1-12H,(H,22,24). The minimum absolute atomic E-state index is 0.257. The molecule has 0 aliphatic heterocycles. The Bertz CT molecular complexity index is 1040. The Kier molecular flexibility index (Phi) is 3.74. The number of amides is 1. The lowest BCUT2D eigenvalue weighted by atomic mass is 10.1. The molecule has 0 aliphatic carbocycles. The first kappa shape index (κ1) is 15.1. The van der Waals surface area contributed by atoms with E-state index in [9.17, 15) is 9.18 Å². The molecule has 4 nitrogen and oxygen atoms in total. The topological polar surface area (TPSA) is 55.1 Å². The maximum Gasteiger partial charge on any atom is 0.255 e. The van der Waals surface area contributed by atoms with E-state index in [1.807, 2.05) is 30.3 Å². The summed E-state index contributed by atoms with van der Waals surface area (Å²) < 4.78 is 19.0. The van der Waals surface area contributed by atoms with E-state index >= 15 is 0 Å². The van der Waals surface area contributed by atoms with E-state index in [-0.39, 0.29) is 11.5 Å². The smallest absolute Gasteiger partial charge is 0.255 e. The van der Waals surface area contributed by atoms with Gasteiger partial charge in [-0.25, -0.2) is 9.37 Å². The molecule has 122 valence electrons. The van der Waals surface area contributed by atoms with Gasteiger partial charge in [0.15, 0.2) is 5.58 Å². The van der Waals surface area contributed by atoms with Crippen LogP contribution in [0.3, 0.4) is 0 Å².